The van der Waals surface area contributed by atoms with Crippen molar-refractivity contribution in [1.82, 2.24) is 4.90 Å². The van der Waals surface area contributed by atoms with Gasteiger partial charge in [0, 0.05) is 23.8 Å². The summed E-state index contributed by atoms with van der Waals surface area (Å²) in [6.45, 7) is 5.16. The minimum absolute atomic E-state index is 0.101. The Hall–Kier alpha value is -1.51. The number of likely N-dealkylation sites (tertiary alicyclic amines) is 1. The molecule has 0 saturated carbocycles. The number of amides is 1. The Kier molecular flexibility index (Phi) is 2.86. The molecule has 2 rings (SSSR count). The van der Waals surface area contributed by atoms with Crippen molar-refractivity contribution in [1.29, 1.82) is 0 Å². The van der Waals surface area contributed by atoms with Gasteiger partial charge in [-0.15, -0.1) is 0 Å². The maximum Gasteiger partial charge on any atom is 0.254 e. The van der Waals surface area contributed by atoms with Gasteiger partial charge in [-0.25, -0.2) is 0 Å². The SMILES string of the molecule is CC1CCN(C(=O)c2cccc(N)c2)C1C. The van der Waals surface area contributed by atoms with E-state index < -0.39 is 0 Å². The molecular weight excluding hydrogens is 200 g/mol. The van der Waals surface area contributed by atoms with Crippen LogP contribution in [0.2, 0.25) is 0 Å². The van der Waals surface area contributed by atoms with E-state index in [2.05, 4.69) is 13.8 Å². The van der Waals surface area contributed by atoms with E-state index in [0.717, 1.165) is 13.0 Å². The highest BCUT2D eigenvalue weighted by Crippen LogP contribution is 2.25. The lowest BCUT2D eigenvalue weighted by Crippen LogP contribution is -2.35. The van der Waals surface area contributed by atoms with E-state index in [1.54, 1.807) is 12.1 Å². The molecule has 2 unspecified atom stereocenters. The molecule has 1 heterocycles. The fraction of sp³-hybridized carbons (Fsp3) is 0.462. The number of rotatable bonds is 1. The first-order chi connectivity index (χ1) is 7.59. The van der Waals surface area contributed by atoms with Gasteiger partial charge in [0.2, 0.25) is 0 Å². The third-order valence-corrected chi connectivity index (χ3v) is 3.53. The quantitative estimate of drug-likeness (QED) is 0.734. The minimum Gasteiger partial charge on any atom is -0.399 e. The predicted molar refractivity (Wildman–Crippen MR) is 65.1 cm³/mol. The number of carbonyl (C=O) groups is 1. The van der Waals surface area contributed by atoms with Crippen LogP contribution in [0.25, 0.3) is 0 Å². The Balaban J connectivity index is 2.20. The first-order valence-electron chi connectivity index (χ1n) is 5.76. The molecule has 16 heavy (non-hydrogen) atoms. The zero-order valence-electron chi connectivity index (χ0n) is 9.81. The van der Waals surface area contributed by atoms with E-state index in [4.69, 9.17) is 5.73 Å². The van der Waals surface area contributed by atoms with Gasteiger partial charge in [-0.3, -0.25) is 4.79 Å². The molecule has 0 aromatic heterocycles. The molecule has 0 radical (unpaired) electrons. The number of nitrogen functional groups attached to an aromatic ring is 1. The number of hydrogen-bond acceptors (Lipinski definition) is 2. The second kappa shape index (κ2) is 4.16. The number of hydrogen-bond donors (Lipinski definition) is 1. The predicted octanol–water partition coefficient (Wildman–Crippen LogP) is 2.14. The molecule has 2 N–H and O–H groups in total. The van der Waals surface area contributed by atoms with Crippen LogP contribution in [-0.2, 0) is 0 Å². The van der Waals surface area contributed by atoms with Crippen LogP contribution in [0.4, 0.5) is 5.69 Å². The molecule has 1 amide bonds. The van der Waals surface area contributed by atoms with Gasteiger partial charge in [0.05, 0.1) is 0 Å². The molecular formula is C13H18N2O. The first-order valence-corrected chi connectivity index (χ1v) is 5.76. The monoisotopic (exact) mass is 218 g/mol. The van der Waals surface area contributed by atoms with E-state index in [-0.39, 0.29) is 5.91 Å². The van der Waals surface area contributed by atoms with Crippen LogP contribution in [0.1, 0.15) is 30.6 Å². The van der Waals surface area contributed by atoms with E-state index in [1.807, 2.05) is 17.0 Å². The molecule has 0 spiro atoms. The summed E-state index contributed by atoms with van der Waals surface area (Å²) < 4.78 is 0. The summed E-state index contributed by atoms with van der Waals surface area (Å²) in [7, 11) is 0. The number of benzene rings is 1. The second-order valence-corrected chi connectivity index (χ2v) is 4.63. The van der Waals surface area contributed by atoms with Crippen molar-refractivity contribution in [2.45, 2.75) is 26.3 Å². The molecule has 2 atom stereocenters. The summed E-state index contributed by atoms with van der Waals surface area (Å²) in [6.07, 6.45) is 1.09. The van der Waals surface area contributed by atoms with Crippen LogP contribution >= 0.6 is 0 Å². The van der Waals surface area contributed by atoms with Crippen molar-refractivity contribution < 1.29 is 4.79 Å². The standard InChI is InChI=1S/C13H18N2O/c1-9-6-7-15(10(9)2)13(16)11-4-3-5-12(14)8-11/h3-5,8-10H,6-7,14H2,1-2H3. The highest BCUT2D eigenvalue weighted by molar-refractivity contribution is 5.95. The van der Waals surface area contributed by atoms with Crippen LogP contribution in [0.15, 0.2) is 24.3 Å². The third-order valence-electron chi connectivity index (χ3n) is 3.53. The summed E-state index contributed by atoms with van der Waals surface area (Å²) in [5, 5.41) is 0. The maximum absolute atomic E-state index is 12.2. The fourth-order valence-corrected chi connectivity index (χ4v) is 2.22. The van der Waals surface area contributed by atoms with Crippen molar-refractivity contribution >= 4 is 11.6 Å². The van der Waals surface area contributed by atoms with Gasteiger partial charge in [-0.1, -0.05) is 13.0 Å². The molecule has 0 aliphatic carbocycles. The van der Waals surface area contributed by atoms with Crippen molar-refractivity contribution in [2.24, 2.45) is 5.92 Å². The van der Waals surface area contributed by atoms with Crippen molar-refractivity contribution in [2.75, 3.05) is 12.3 Å². The first kappa shape index (κ1) is 11.0. The zero-order chi connectivity index (χ0) is 11.7. The smallest absolute Gasteiger partial charge is 0.254 e. The van der Waals surface area contributed by atoms with E-state index in [1.165, 1.54) is 0 Å². The van der Waals surface area contributed by atoms with Crippen LogP contribution in [-0.4, -0.2) is 23.4 Å². The van der Waals surface area contributed by atoms with Gasteiger partial charge < -0.3 is 10.6 Å². The van der Waals surface area contributed by atoms with Gasteiger partial charge in [-0.2, -0.15) is 0 Å². The fourth-order valence-electron chi connectivity index (χ4n) is 2.22. The van der Waals surface area contributed by atoms with E-state index in [0.29, 0.717) is 23.2 Å². The molecule has 0 bridgehead atoms. The maximum atomic E-state index is 12.2. The Morgan fingerprint density at radius 3 is 2.75 bits per heavy atom. The average molecular weight is 218 g/mol. The van der Waals surface area contributed by atoms with Gasteiger partial charge >= 0.3 is 0 Å². The summed E-state index contributed by atoms with van der Waals surface area (Å²) in [5.74, 6) is 0.689. The number of nitrogens with two attached hydrogens (primary N) is 1. The number of carbonyl (C=O) groups excluding carboxylic acids is 1. The van der Waals surface area contributed by atoms with Crippen molar-refractivity contribution in [3.05, 3.63) is 29.8 Å². The van der Waals surface area contributed by atoms with Crippen LogP contribution in [0, 0.1) is 5.92 Å². The van der Waals surface area contributed by atoms with Gasteiger partial charge in [-0.05, 0) is 37.5 Å². The topological polar surface area (TPSA) is 46.3 Å². The number of nitrogens with zero attached hydrogens (tertiary/aromatic N) is 1. The highest BCUT2D eigenvalue weighted by Gasteiger charge is 2.31. The summed E-state index contributed by atoms with van der Waals surface area (Å²) in [4.78, 5) is 14.2. The summed E-state index contributed by atoms with van der Waals surface area (Å²) in [5.41, 5.74) is 7.03. The van der Waals surface area contributed by atoms with Crippen molar-refractivity contribution in [3.63, 3.8) is 0 Å². The molecule has 1 saturated heterocycles. The molecule has 3 heteroatoms. The zero-order valence-corrected chi connectivity index (χ0v) is 9.81. The Morgan fingerprint density at radius 2 is 2.19 bits per heavy atom. The van der Waals surface area contributed by atoms with Crippen molar-refractivity contribution in [3.8, 4) is 0 Å². The van der Waals surface area contributed by atoms with Gasteiger partial charge in [0.25, 0.3) is 5.91 Å². The number of anilines is 1. The molecule has 1 aromatic rings. The Labute approximate surface area is 96.2 Å². The molecule has 1 aliphatic heterocycles. The largest absolute Gasteiger partial charge is 0.399 e. The summed E-state index contributed by atoms with van der Waals surface area (Å²) >= 11 is 0. The molecule has 86 valence electrons. The third kappa shape index (κ3) is 1.90. The van der Waals surface area contributed by atoms with Gasteiger partial charge in [0.15, 0.2) is 0 Å². The molecule has 1 aliphatic rings. The van der Waals surface area contributed by atoms with Crippen LogP contribution < -0.4 is 5.73 Å². The van der Waals surface area contributed by atoms with Crippen LogP contribution in [0.5, 0.6) is 0 Å². The lowest BCUT2D eigenvalue weighted by molar-refractivity contribution is 0.0735. The second-order valence-electron chi connectivity index (χ2n) is 4.63. The molecule has 1 aromatic carbocycles. The Morgan fingerprint density at radius 1 is 1.44 bits per heavy atom. The molecule has 3 nitrogen and oxygen atoms in total. The average Bonchev–Trinajstić information content (AvgIpc) is 2.59. The van der Waals surface area contributed by atoms with E-state index in [9.17, 15) is 4.79 Å². The van der Waals surface area contributed by atoms with Crippen LogP contribution in [0.3, 0.4) is 0 Å². The lowest BCUT2D eigenvalue weighted by Gasteiger charge is -2.23. The Bertz CT molecular complexity index is 403. The normalized spacial score (nSPS) is 24.8. The minimum atomic E-state index is 0.101. The highest BCUT2D eigenvalue weighted by atomic mass is 16.2. The van der Waals surface area contributed by atoms with Gasteiger partial charge in [0.1, 0.15) is 0 Å². The molecule has 1 fully saturated rings. The van der Waals surface area contributed by atoms with E-state index >= 15 is 0 Å². The summed E-state index contributed by atoms with van der Waals surface area (Å²) in [6, 6.07) is 7.53. The lowest BCUT2D eigenvalue weighted by atomic mass is 10.0.